The fourth-order valence-corrected chi connectivity index (χ4v) is 3.49. The van der Waals surface area contributed by atoms with Crippen molar-refractivity contribution in [3.63, 3.8) is 0 Å². The lowest BCUT2D eigenvalue weighted by Crippen LogP contribution is -2.42. The van der Waals surface area contributed by atoms with Crippen molar-refractivity contribution in [2.24, 2.45) is 5.92 Å². The molecule has 0 N–H and O–H groups in total. The maximum Gasteiger partial charge on any atom is 0.109 e. The Bertz CT molecular complexity index is 434. The highest BCUT2D eigenvalue weighted by Crippen LogP contribution is 2.44. The number of fused-ring (bicyclic) bond motifs is 2. The number of rotatable bonds is 2. The van der Waals surface area contributed by atoms with Crippen LogP contribution in [0.1, 0.15) is 31.2 Å². The summed E-state index contributed by atoms with van der Waals surface area (Å²) in [5.41, 5.74) is 1.17. The first kappa shape index (κ1) is 10.8. The van der Waals surface area contributed by atoms with Gasteiger partial charge in [0.25, 0.3) is 0 Å². The van der Waals surface area contributed by atoms with Gasteiger partial charge in [0, 0.05) is 13.1 Å². The van der Waals surface area contributed by atoms with Gasteiger partial charge >= 0.3 is 0 Å². The SMILES string of the molecule is N#CC12CCCC(CN1Cc1ccccc1)C2. The number of benzene rings is 1. The Morgan fingerprint density at radius 3 is 2.94 bits per heavy atom. The summed E-state index contributed by atoms with van der Waals surface area (Å²) in [5, 5.41) is 9.52. The van der Waals surface area contributed by atoms with Gasteiger partial charge in [-0.2, -0.15) is 5.26 Å². The van der Waals surface area contributed by atoms with Gasteiger partial charge in [-0.05, 0) is 30.7 Å². The Kier molecular flexibility index (Phi) is 2.64. The zero-order chi connectivity index (χ0) is 11.7. The molecule has 1 heterocycles. The summed E-state index contributed by atoms with van der Waals surface area (Å²) in [5.74, 6) is 0.757. The van der Waals surface area contributed by atoms with Crippen molar-refractivity contribution in [1.29, 1.82) is 5.26 Å². The van der Waals surface area contributed by atoms with Gasteiger partial charge in [-0.25, -0.2) is 0 Å². The van der Waals surface area contributed by atoms with Crippen LogP contribution in [0.4, 0.5) is 0 Å². The van der Waals surface area contributed by atoms with Gasteiger partial charge in [-0.3, -0.25) is 4.90 Å². The summed E-state index contributed by atoms with van der Waals surface area (Å²) in [6.45, 7) is 2.05. The molecule has 3 rings (SSSR count). The first-order valence-corrected chi connectivity index (χ1v) is 6.53. The van der Waals surface area contributed by atoms with E-state index in [-0.39, 0.29) is 5.54 Å². The second-order valence-electron chi connectivity index (χ2n) is 5.47. The maximum atomic E-state index is 9.52. The number of nitrogens with zero attached hydrogens (tertiary/aromatic N) is 2. The van der Waals surface area contributed by atoms with Crippen LogP contribution in [0, 0.1) is 17.2 Å². The first-order chi connectivity index (χ1) is 8.32. The summed E-state index contributed by atoms with van der Waals surface area (Å²) in [6.07, 6.45) is 4.70. The van der Waals surface area contributed by atoms with Gasteiger partial charge in [0.2, 0.25) is 0 Å². The van der Waals surface area contributed by atoms with Crippen LogP contribution in [-0.4, -0.2) is 17.0 Å². The number of hydrogen-bond donors (Lipinski definition) is 0. The molecule has 2 bridgehead atoms. The number of hydrogen-bond acceptors (Lipinski definition) is 2. The maximum absolute atomic E-state index is 9.52. The van der Waals surface area contributed by atoms with Crippen LogP contribution in [0.2, 0.25) is 0 Å². The predicted molar refractivity (Wildman–Crippen MR) is 67.2 cm³/mol. The number of likely N-dealkylation sites (tertiary alicyclic amines) is 1. The Balaban J connectivity index is 1.82. The summed E-state index contributed by atoms with van der Waals surface area (Å²) in [7, 11) is 0. The minimum absolute atomic E-state index is 0.154. The molecule has 1 aliphatic heterocycles. The smallest absolute Gasteiger partial charge is 0.109 e. The molecule has 1 aliphatic carbocycles. The molecule has 2 fully saturated rings. The van der Waals surface area contributed by atoms with E-state index in [1.165, 1.54) is 18.4 Å². The van der Waals surface area contributed by atoms with Crippen molar-refractivity contribution in [2.45, 2.75) is 37.8 Å². The largest absolute Gasteiger partial charge is 0.281 e. The molecule has 2 heteroatoms. The molecule has 1 saturated heterocycles. The molecule has 2 atom stereocenters. The molecule has 0 aromatic heterocycles. The third kappa shape index (κ3) is 1.85. The minimum Gasteiger partial charge on any atom is -0.281 e. The van der Waals surface area contributed by atoms with Gasteiger partial charge < -0.3 is 0 Å². The molecule has 1 saturated carbocycles. The van der Waals surface area contributed by atoms with Crippen molar-refractivity contribution < 1.29 is 0 Å². The molecular weight excluding hydrogens is 208 g/mol. The summed E-state index contributed by atoms with van der Waals surface area (Å²) < 4.78 is 0. The summed E-state index contributed by atoms with van der Waals surface area (Å²) >= 11 is 0. The van der Waals surface area contributed by atoms with Gasteiger partial charge in [-0.15, -0.1) is 0 Å². The molecule has 0 radical (unpaired) electrons. The zero-order valence-electron chi connectivity index (χ0n) is 10.1. The summed E-state index contributed by atoms with van der Waals surface area (Å²) in [6, 6.07) is 13.1. The van der Waals surface area contributed by atoms with Crippen LogP contribution >= 0.6 is 0 Å². The zero-order valence-corrected chi connectivity index (χ0v) is 10.1. The van der Waals surface area contributed by atoms with Crippen LogP contribution < -0.4 is 0 Å². The molecule has 2 unspecified atom stereocenters. The molecule has 1 aromatic rings. The monoisotopic (exact) mass is 226 g/mol. The molecular formula is C15H18N2. The lowest BCUT2D eigenvalue weighted by Gasteiger charge is -2.33. The van der Waals surface area contributed by atoms with Crippen LogP contribution in [-0.2, 0) is 6.54 Å². The standard InChI is InChI=1S/C15H18N2/c16-12-15-8-4-7-14(9-15)11-17(15)10-13-5-2-1-3-6-13/h1-3,5-6,14H,4,7-11H2. The van der Waals surface area contributed by atoms with Crippen molar-refractivity contribution in [1.82, 2.24) is 4.90 Å². The lowest BCUT2D eigenvalue weighted by molar-refractivity contribution is 0.171. The predicted octanol–water partition coefficient (Wildman–Crippen LogP) is 2.95. The second-order valence-corrected chi connectivity index (χ2v) is 5.47. The minimum atomic E-state index is -0.154. The molecule has 1 aromatic carbocycles. The van der Waals surface area contributed by atoms with E-state index in [2.05, 4.69) is 35.2 Å². The second kappa shape index (κ2) is 4.16. The molecule has 2 nitrogen and oxygen atoms in total. The van der Waals surface area contributed by atoms with Crippen molar-refractivity contribution >= 4 is 0 Å². The van der Waals surface area contributed by atoms with Crippen LogP contribution in [0.3, 0.4) is 0 Å². The van der Waals surface area contributed by atoms with Gasteiger partial charge in [0.15, 0.2) is 0 Å². The average molecular weight is 226 g/mol. The van der Waals surface area contributed by atoms with E-state index in [4.69, 9.17) is 0 Å². The molecule has 2 aliphatic rings. The highest BCUT2D eigenvalue weighted by atomic mass is 15.2. The van der Waals surface area contributed by atoms with E-state index in [0.717, 1.165) is 31.8 Å². The van der Waals surface area contributed by atoms with Crippen LogP contribution in [0.25, 0.3) is 0 Å². The van der Waals surface area contributed by atoms with E-state index in [1.807, 2.05) is 6.07 Å². The first-order valence-electron chi connectivity index (χ1n) is 6.53. The van der Waals surface area contributed by atoms with Crippen molar-refractivity contribution in [3.8, 4) is 6.07 Å². The van der Waals surface area contributed by atoms with Crippen LogP contribution in [0.5, 0.6) is 0 Å². The van der Waals surface area contributed by atoms with E-state index < -0.39 is 0 Å². The molecule has 0 spiro atoms. The van der Waals surface area contributed by atoms with Crippen molar-refractivity contribution in [2.75, 3.05) is 6.54 Å². The fraction of sp³-hybridized carbons (Fsp3) is 0.533. The Morgan fingerprint density at radius 1 is 1.35 bits per heavy atom. The fourth-order valence-electron chi connectivity index (χ4n) is 3.49. The van der Waals surface area contributed by atoms with Crippen molar-refractivity contribution in [3.05, 3.63) is 35.9 Å². The Hall–Kier alpha value is -1.33. The third-order valence-electron chi connectivity index (χ3n) is 4.34. The van der Waals surface area contributed by atoms with Gasteiger partial charge in [0.1, 0.15) is 5.54 Å². The summed E-state index contributed by atoms with van der Waals surface area (Å²) in [4.78, 5) is 2.42. The van der Waals surface area contributed by atoms with E-state index in [9.17, 15) is 5.26 Å². The average Bonchev–Trinajstić information content (AvgIpc) is 2.62. The highest BCUT2D eigenvalue weighted by Gasteiger charge is 2.47. The van der Waals surface area contributed by atoms with E-state index in [1.54, 1.807) is 0 Å². The van der Waals surface area contributed by atoms with Crippen LogP contribution in [0.15, 0.2) is 30.3 Å². The van der Waals surface area contributed by atoms with E-state index in [0.29, 0.717) is 0 Å². The third-order valence-corrected chi connectivity index (χ3v) is 4.34. The molecule has 88 valence electrons. The Labute approximate surface area is 103 Å². The normalized spacial score (nSPS) is 32.3. The quantitative estimate of drug-likeness (QED) is 0.775. The molecule has 17 heavy (non-hydrogen) atoms. The van der Waals surface area contributed by atoms with E-state index >= 15 is 0 Å². The lowest BCUT2D eigenvalue weighted by atomic mass is 9.81. The van der Waals surface area contributed by atoms with Gasteiger partial charge in [0.05, 0.1) is 6.07 Å². The topological polar surface area (TPSA) is 27.0 Å². The van der Waals surface area contributed by atoms with Gasteiger partial charge in [-0.1, -0.05) is 36.8 Å². The number of nitriles is 1. The Morgan fingerprint density at radius 2 is 2.18 bits per heavy atom. The highest BCUT2D eigenvalue weighted by molar-refractivity contribution is 5.20. The molecule has 0 amide bonds.